The molecule has 1 heterocycles. The predicted octanol–water partition coefficient (Wildman–Crippen LogP) is 2.66. The minimum Gasteiger partial charge on any atom is -0.381 e. The van der Waals surface area contributed by atoms with Crippen LogP contribution in [0.3, 0.4) is 0 Å². The predicted molar refractivity (Wildman–Crippen MR) is 66.5 cm³/mol. The van der Waals surface area contributed by atoms with Crippen LogP contribution in [0.25, 0.3) is 0 Å². The molecule has 15 heavy (non-hydrogen) atoms. The molecule has 2 rings (SSSR count). The van der Waals surface area contributed by atoms with Crippen LogP contribution in [0.15, 0.2) is 0 Å². The lowest BCUT2D eigenvalue weighted by atomic mass is 10.1. The van der Waals surface area contributed by atoms with Gasteiger partial charge in [0.05, 0.1) is 6.61 Å². The second kappa shape index (κ2) is 6.21. The zero-order valence-corrected chi connectivity index (χ0v) is 11.0. The van der Waals surface area contributed by atoms with Crippen molar-refractivity contribution in [2.24, 2.45) is 5.92 Å². The maximum atomic E-state index is 5.46. The average molecular weight is 276 g/mol. The van der Waals surface area contributed by atoms with Crippen LogP contribution in [0.2, 0.25) is 0 Å². The Morgan fingerprint density at radius 2 is 2.00 bits per heavy atom. The number of halogens is 1. The Kier molecular flexibility index (Phi) is 4.92. The highest BCUT2D eigenvalue weighted by Crippen LogP contribution is 2.25. The van der Waals surface area contributed by atoms with E-state index >= 15 is 0 Å². The van der Waals surface area contributed by atoms with Crippen LogP contribution < -0.4 is 0 Å². The summed E-state index contributed by atoms with van der Waals surface area (Å²) in [4.78, 5) is 2.70. The topological polar surface area (TPSA) is 12.5 Å². The zero-order chi connectivity index (χ0) is 10.5. The number of nitrogens with zero attached hydrogens (tertiary/aromatic N) is 1. The molecule has 1 saturated heterocycles. The fourth-order valence-electron chi connectivity index (χ4n) is 2.86. The monoisotopic (exact) mass is 275 g/mol. The first-order valence-corrected chi connectivity index (χ1v) is 7.40. The van der Waals surface area contributed by atoms with Gasteiger partial charge >= 0.3 is 0 Å². The van der Waals surface area contributed by atoms with Gasteiger partial charge in [-0.2, -0.15) is 0 Å². The van der Waals surface area contributed by atoms with Crippen molar-refractivity contribution in [3.8, 4) is 0 Å². The first-order valence-electron chi connectivity index (χ1n) is 6.28. The zero-order valence-electron chi connectivity index (χ0n) is 9.46. The van der Waals surface area contributed by atoms with Crippen molar-refractivity contribution in [2.45, 2.75) is 38.1 Å². The van der Waals surface area contributed by atoms with E-state index in [1.807, 2.05) is 0 Å². The van der Waals surface area contributed by atoms with Crippen LogP contribution >= 0.6 is 15.9 Å². The Labute approximate surface area is 101 Å². The third kappa shape index (κ3) is 3.43. The second-order valence-electron chi connectivity index (χ2n) is 4.85. The van der Waals surface area contributed by atoms with Gasteiger partial charge in [-0.15, -0.1) is 0 Å². The van der Waals surface area contributed by atoms with Gasteiger partial charge in [-0.25, -0.2) is 0 Å². The fourth-order valence-corrected chi connectivity index (χ4v) is 3.32. The third-order valence-electron chi connectivity index (χ3n) is 3.73. The average Bonchev–Trinajstić information content (AvgIpc) is 2.89. The maximum absolute atomic E-state index is 5.46. The van der Waals surface area contributed by atoms with E-state index in [0.717, 1.165) is 30.5 Å². The quantitative estimate of drug-likeness (QED) is 0.716. The highest BCUT2D eigenvalue weighted by atomic mass is 79.9. The first kappa shape index (κ1) is 11.9. The molecule has 88 valence electrons. The number of alkyl halides is 1. The molecule has 0 spiro atoms. The van der Waals surface area contributed by atoms with Crippen LogP contribution in [0, 0.1) is 5.92 Å². The standard InChI is InChI=1S/C12H22BrNO/c13-6-7-14(12-3-1-2-4-12)9-11-5-8-15-10-11/h11-12H,1-10H2. The van der Waals surface area contributed by atoms with Gasteiger partial charge in [0.1, 0.15) is 0 Å². The van der Waals surface area contributed by atoms with Crippen molar-refractivity contribution in [1.29, 1.82) is 0 Å². The van der Waals surface area contributed by atoms with Gasteiger partial charge in [-0.05, 0) is 25.2 Å². The van der Waals surface area contributed by atoms with E-state index < -0.39 is 0 Å². The van der Waals surface area contributed by atoms with Crippen LogP contribution in [0.4, 0.5) is 0 Å². The van der Waals surface area contributed by atoms with Crippen molar-refractivity contribution in [3.63, 3.8) is 0 Å². The number of hydrogen-bond acceptors (Lipinski definition) is 2. The van der Waals surface area contributed by atoms with E-state index in [1.54, 1.807) is 0 Å². The molecule has 0 aromatic carbocycles. The molecule has 2 nitrogen and oxygen atoms in total. The van der Waals surface area contributed by atoms with Crippen molar-refractivity contribution >= 4 is 15.9 Å². The molecule has 0 bridgehead atoms. The molecule has 2 fully saturated rings. The maximum Gasteiger partial charge on any atom is 0.0507 e. The summed E-state index contributed by atoms with van der Waals surface area (Å²) in [5.41, 5.74) is 0. The highest BCUT2D eigenvalue weighted by Gasteiger charge is 2.26. The Morgan fingerprint density at radius 1 is 1.20 bits per heavy atom. The van der Waals surface area contributed by atoms with Crippen molar-refractivity contribution in [3.05, 3.63) is 0 Å². The van der Waals surface area contributed by atoms with Crippen LogP contribution in [0.5, 0.6) is 0 Å². The minimum atomic E-state index is 0.796. The van der Waals surface area contributed by atoms with Crippen molar-refractivity contribution in [2.75, 3.05) is 31.6 Å². The molecule has 3 heteroatoms. The van der Waals surface area contributed by atoms with E-state index in [2.05, 4.69) is 20.8 Å². The van der Waals surface area contributed by atoms with Gasteiger partial charge in [-0.3, -0.25) is 4.90 Å². The third-order valence-corrected chi connectivity index (χ3v) is 4.08. The van der Waals surface area contributed by atoms with E-state index in [1.165, 1.54) is 45.2 Å². The summed E-state index contributed by atoms with van der Waals surface area (Å²) in [6, 6.07) is 0.864. The molecule has 2 aliphatic rings. The van der Waals surface area contributed by atoms with Crippen molar-refractivity contribution in [1.82, 2.24) is 4.90 Å². The lowest BCUT2D eigenvalue weighted by Crippen LogP contribution is -2.38. The van der Waals surface area contributed by atoms with E-state index in [0.29, 0.717) is 0 Å². The van der Waals surface area contributed by atoms with Gasteiger partial charge in [0.15, 0.2) is 0 Å². The molecule has 1 aliphatic carbocycles. The summed E-state index contributed by atoms with van der Waals surface area (Å²) in [6.07, 6.45) is 6.97. The van der Waals surface area contributed by atoms with Gasteiger partial charge in [0, 0.05) is 31.1 Å². The summed E-state index contributed by atoms with van der Waals surface area (Å²) in [5.74, 6) is 0.796. The summed E-state index contributed by atoms with van der Waals surface area (Å²) < 4.78 is 5.46. The lowest BCUT2D eigenvalue weighted by Gasteiger charge is -2.30. The van der Waals surface area contributed by atoms with E-state index in [4.69, 9.17) is 4.74 Å². The van der Waals surface area contributed by atoms with Crippen LogP contribution in [-0.2, 0) is 4.74 Å². The van der Waals surface area contributed by atoms with E-state index in [-0.39, 0.29) is 0 Å². The highest BCUT2D eigenvalue weighted by molar-refractivity contribution is 9.09. The first-order chi connectivity index (χ1) is 7.40. The Balaban J connectivity index is 1.81. The molecular weight excluding hydrogens is 254 g/mol. The van der Waals surface area contributed by atoms with Crippen molar-refractivity contribution < 1.29 is 4.74 Å². The molecule has 1 saturated carbocycles. The summed E-state index contributed by atoms with van der Waals surface area (Å²) >= 11 is 3.57. The molecule has 0 N–H and O–H groups in total. The summed E-state index contributed by atoms with van der Waals surface area (Å²) in [7, 11) is 0. The summed E-state index contributed by atoms with van der Waals surface area (Å²) in [6.45, 7) is 4.44. The molecule has 0 radical (unpaired) electrons. The Morgan fingerprint density at radius 3 is 2.60 bits per heavy atom. The van der Waals surface area contributed by atoms with Gasteiger partial charge < -0.3 is 4.74 Å². The number of ether oxygens (including phenoxy) is 1. The molecule has 1 unspecified atom stereocenters. The van der Waals surface area contributed by atoms with Crippen LogP contribution in [0.1, 0.15) is 32.1 Å². The Bertz CT molecular complexity index is 176. The number of rotatable bonds is 5. The minimum absolute atomic E-state index is 0.796. The molecule has 0 aromatic rings. The van der Waals surface area contributed by atoms with E-state index in [9.17, 15) is 0 Å². The van der Waals surface area contributed by atoms with Gasteiger partial charge in [-0.1, -0.05) is 28.8 Å². The fraction of sp³-hybridized carbons (Fsp3) is 1.00. The second-order valence-corrected chi connectivity index (χ2v) is 5.64. The number of hydrogen-bond donors (Lipinski definition) is 0. The molecule has 0 amide bonds. The summed E-state index contributed by atoms with van der Waals surface area (Å²) in [5, 5.41) is 1.11. The lowest BCUT2D eigenvalue weighted by molar-refractivity contribution is 0.149. The normalized spacial score (nSPS) is 28.0. The molecule has 1 atom stereocenters. The van der Waals surface area contributed by atoms with Gasteiger partial charge in [0.2, 0.25) is 0 Å². The molecular formula is C12H22BrNO. The van der Waals surface area contributed by atoms with Gasteiger partial charge in [0.25, 0.3) is 0 Å². The molecule has 0 aromatic heterocycles. The smallest absolute Gasteiger partial charge is 0.0507 e. The van der Waals surface area contributed by atoms with Crippen LogP contribution in [-0.4, -0.2) is 42.6 Å². The largest absolute Gasteiger partial charge is 0.381 e. The molecule has 1 aliphatic heterocycles. The SMILES string of the molecule is BrCCN(CC1CCOC1)C1CCCC1. The Hall–Kier alpha value is 0.400.